The van der Waals surface area contributed by atoms with Crippen molar-refractivity contribution >= 4 is 17.3 Å². The Labute approximate surface area is 149 Å². The summed E-state index contributed by atoms with van der Waals surface area (Å²) in [5.74, 6) is 0.854. The van der Waals surface area contributed by atoms with Crippen molar-refractivity contribution < 1.29 is 4.74 Å². The van der Waals surface area contributed by atoms with E-state index in [1.165, 1.54) is 9.88 Å². The monoisotopic (exact) mass is 353 g/mol. The number of guanidine groups is 1. The summed E-state index contributed by atoms with van der Waals surface area (Å²) in [5, 5.41) is 7.99. The van der Waals surface area contributed by atoms with Crippen LogP contribution in [0.3, 0.4) is 0 Å². The number of aromatic nitrogens is 1. The Kier molecular flexibility index (Phi) is 7.45. The summed E-state index contributed by atoms with van der Waals surface area (Å²) >= 11 is 1.78. The Hall–Kier alpha value is -1.18. The number of thiazole rings is 1. The molecule has 0 amide bonds. The average Bonchev–Trinajstić information content (AvgIpc) is 2.89. The lowest BCUT2D eigenvalue weighted by atomic mass is 10.2. The van der Waals surface area contributed by atoms with Crippen molar-refractivity contribution in [2.75, 3.05) is 39.9 Å². The predicted molar refractivity (Wildman–Crippen MR) is 101 cm³/mol. The fourth-order valence-corrected chi connectivity index (χ4v) is 3.84. The molecule has 2 heterocycles. The normalized spacial score (nSPS) is 20.9. The van der Waals surface area contributed by atoms with Crippen molar-refractivity contribution in [2.45, 2.75) is 46.2 Å². The van der Waals surface area contributed by atoms with Crippen molar-refractivity contribution in [3.63, 3.8) is 0 Å². The van der Waals surface area contributed by atoms with E-state index < -0.39 is 0 Å². The van der Waals surface area contributed by atoms with Crippen LogP contribution in [-0.4, -0.2) is 67.8 Å². The molecule has 0 radical (unpaired) electrons. The van der Waals surface area contributed by atoms with Crippen LogP contribution in [0, 0.1) is 13.8 Å². The zero-order valence-corrected chi connectivity index (χ0v) is 16.4. The molecule has 136 valence electrons. The number of ether oxygens (including phenoxy) is 1. The third kappa shape index (κ3) is 5.43. The summed E-state index contributed by atoms with van der Waals surface area (Å²) in [6, 6.07) is 0.925. The lowest BCUT2D eigenvalue weighted by molar-refractivity contribution is -0.0174. The topological polar surface area (TPSA) is 61.8 Å². The molecule has 1 aliphatic heterocycles. The smallest absolute Gasteiger partial charge is 0.191 e. The van der Waals surface area contributed by atoms with Gasteiger partial charge in [0.25, 0.3) is 0 Å². The second-order valence-corrected chi connectivity index (χ2v) is 7.68. The highest BCUT2D eigenvalue weighted by molar-refractivity contribution is 7.11. The summed E-state index contributed by atoms with van der Waals surface area (Å²) < 4.78 is 5.51. The molecule has 1 aliphatic rings. The van der Waals surface area contributed by atoms with Crippen LogP contribution in [0.4, 0.5) is 0 Å². The van der Waals surface area contributed by atoms with Crippen LogP contribution in [-0.2, 0) is 11.2 Å². The number of nitrogens with one attached hydrogen (secondary N) is 2. The fourth-order valence-electron chi connectivity index (χ4n) is 2.91. The molecule has 2 atom stereocenters. The summed E-state index contributed by atoms with van der Waals surface area (Å²) in [5.41, 5.74) is 1.14. The molecule has 2 rings (SSSR count). The number of hydrogen-bond donors (Lipinski definition) is 2. The number of morpholine rings is 1. The van der Waals surface area contributed by atoms with Crippen LogP contribution in [0.1, 0.15) is 29.4 Å². The SMILES string of the molecule is CN=C(NCCc1nc(C)c(C)s1)NCC(C)N1CCOCC1C. The second kappa shape index (κ2) is 9.34. The van der Waals surface area contributed by atoms with Gasteiger partial charge < -0.3 is 15.4 Å². The van der Waals surface area contributed by atoms with Gasteiger partial charge in [0.2, 0.25) is 0 Å². The van der Waals surface area contributed by atoms with Crippen LogP contribution in [0.25, 0.3) is 0 Å². The van der Waals surface area contributed by atoms with E-state index in [0.717, 1.165) is 50.9 Å². The maximum absolute atomic E-state index is 5.51. The van der Waals surface area contributed by atoms with Gasteiger partial charge in [0.05, 0.1) is 23.9 Å². The molecule has 0 bridgehead atoms. The van der Waals surface area contributed by atoms with E-state index in [9.17, 15) is 0 Å². The first-order valence-corrected chi connectivity index (χ1v) is 9.53. The first kappa shape index (κ1) is 19.1. The molecule has 0 spiro atoms. The van der Waals surface area contributed by atoms with Gasteiger partial charge >= 0.3 is 0 Å². The zero-order chi connectivity index (χ0) is 17.5. The highest BCUT2D eigenvalue weighted by atomic mass is 32.1. The van der Waals surface area contributed by atoms with E-state index in [2.05, 4.69) is 53.2 Å². The lowest BCUT2D eigenvalue weighted by Gasteiger charge is -2.38. The summed E-state index contributed by atoms with van der Waals surface area (Å²) in [4.78, 5) is 12.7. The van der Waals surface area contributed by atoms with Crippen LogP contribution < -0.4 is 10.6 Å². The first-order valence-electron chi connectivity index (χ1n) is 8.72. The van der Waals surface area contributed by atoms with E-state index in [4.69, 9.17) is 4.74 Å². The van der Waals surface area contributed by atoms with Gasteiger partial charge in [-0.1, -0.05) is 0 Å². The minimum absolute atomic E-state index is 0.451. The maximum Gasteiger partial charge on any atom is 0.191 e. The molecule has 1 saturated heterocycles. The van der Waals surface area contributed by atoms with E-state index >= 15 is 0 Å². The van der Waals surface area contributed by atoms with Gasteiger partial charge in [-0.15, -0.1) is 11.3 Å². The molecule has 1 fully saturated rings. The number of rotatable bonds is 6. The predicted octanol–water partition coefficient (Wildman–Crippen LogP) is 1.58. The number of hydrogen-bond acceptors (Lipinski definition) is 5. The molecular weight excluding hydrogens is 322 g/mol. The van der Waals surface area contributed by atoms with E-state index in [1.54, 1.807) is 11.3 Å². The summed E-state index contributed by atoms with van der Waals surface area (Å²) in [6.07, 6.45) is 0.927. The van der Waals surface area contributed by atoms with Gasteiger partial charge in [0, 0.05) is 50.1 Å². The van der Waals surface area contributed by atoms with Gasteiger partial charge in [-0.2, -0.15) is 0 Å². The Bertz CT molecular complexity index is 526. The molecule has 1 aromatic heterocycles. The molecule has 6 nitrogen and oxygen atoms in total. The van der Waals surface area contributed by atoms with Crippen molar-refractivity contribution in [1.29, 1.82) is 0 Å². The summed E-state index contributed by atoms with van der Waals surface area (Å²) in [6.45, 7) is 13.0. The van der Waals surface area contributed by atoms with Gasteiger partial charge in [0.15, 0.2) is 5.96 Å². The summed E-state index contributed by atoms with van der Waals surface area (Å²) in [7, 11) is 1.81. The Morgan fingerprint density at radius 1 is 1.46 bits per heavy atom. The van der Waals surface area contributed by atoms with Crippen LogP contribution >= 0.6 is 11.3 Å². The molecular formula is C17H31N5OS. The molecule has 1 aromatic rings. The molecule has 0 saturated carbocycles. The molecule has 0 aliphatic carbocycles. The average molecular weight is 354 g/mol. The van der Waals surface area contributed by atoms with Crippen LogP contribution in [0.2, 0.25) is 0 Å². The van der Waals surface area contributed by atoms with E-state index in [1.807, 2.05) is 7.05 Å². The largest absolute Gasteiger partial charge is 0.379 e. The van der Waals surface area contributed by atoms with Gasteiger partial charge in [-0.25, -0.2) is 4.98 Å². The highest BCUT2D eigenvalue weighted by Crippen LogP contribution is 2.16. The Morgan fingerprint density at radius 3 is 2.88 bits per heavy atom. The van der Waals surface area contributed by atoms with Crippen molar-refractivity contribution in [1.82, 2.24) is 20.5 Å². The molecule has 7 heteroatoms. The third-order valence-corrected chi connectivity index (χ3v) is 5.61. The maximum atomic E-state index is 5.51. The van der Waals surface area contributed by atoms with Crippen LogP contribution in [0.5, 0.6) is 0 Å². The van der Waals surface area contributed by atoms with Crippen molar-refractivity contribution in [2.24, 2.45) is 4.99 Å². The Balaban J connectivity index is 1.71. The number of aliphatic imine (C=N–C) groups is 1. The van der Waals surface area contributed by atoms with E-state index in [-0.39, 0.29) is 0 Å². The highest BCUT2D eigenvalue weighted by Gasteiger charge is 2.23. The van der Waals surface area contributed by atoms with E-state index in [0.29, 0.717) is 12.1 Å². The molecule has 0 aromatic carbocycles. The zero-order valence-electron chi connectivity index (χ0n) is 15.6. The standard InChI is InChI=1S/C17H31N5OS/c1-12(22-8-9-23-11-13(22)2)10-20-17(18-5)19-7-6-16-21-14(3)15(4)24-16/h12-13H,6-11H2,1-5H3,(H2,18,19,20). The first-order chi connectivity index (χ1) is 11.5. The Morgan fingerprint density at radius 2 is 2.25 bits per heavy atom. The molecule has 2 N–H and O–H groups in total. The van der Waals surface area contributed by atoms with Gasteiger partial charge in [-0.05, 0) is 27.7 Å². The minimum Gasteiger partial charge on any atom is -0.379 e. The molecule has 2 unspecified atom stereocenters. The lowest BCUT2D eigenvalue weighted by Crippen LogP contribution is -2.53. The van der Waals surface area contributed by atoms with Gasteiger partial charge in [0.1, 0.15) is 0 Å². The molecule has 24 heavy (non-hydrogen) atoms. The fraction of sp³-hybridized carbons (Fsp3) is 0.765. The number of aryl methyl sites for hydroxylation is 2. The van der Waals surface area contributed by atoms with Gasteiger partial charge in [-0.3, -0.25) is 9.89 Å². The minimum atomic E-state index is 0.451. The quantitative estimate of drug-likeness (QED) is 0.601. The van der Waals surface area contributed by atoms with Crippen LogP contribution in [0.15, 0.2) is 4.99 Å². The second-order valence-electron chi connectivity index (χ2n) is 6.39. The number of nitrogens with zero attached hydrogens (tertiary/aromatic N) is 3. The van der Waals surface area contributed by atoms with Crippen molar-refractivity contribution in [3.05, 3.63) is 15.6 Å². The third-order valence-electron chi connectivity index (χ3n) is 4.48. The van der Waals surface area contributed by atoms with Crippen molar-refractivity contribution in [3.8, 4) is 0 Å².